The van der Waals surface area contributed by atoms with Crippen molar-refractivity contribution < 1.29 is 70.9 Å². The first-order valence-electron chi connectivity index (χ1n) is 11.9. The van der Waals surface area contributed by atoms with Crippen LogP contribution in [0, 0.1) is 0 Å². The summed E-state index contributed by atoms with van der Waals surface area (Å²) in [5.74, 6) is -4.48. The highest BCUT2D eigenvalue weighted by Crippen LogP contribution is 2.48. The maximum atomic E-state index is 12.9. The summed E-state index contributed by atoms with van der Waals surface area (Å²) in [6, 6.07) is 8.62. The predicted octanol–water partition coefficient (Wildman–Crippen LogP) is 1.33. The number of hydrogen-bond acceptors (Lipinski definition) is 14. The van der Waals surface area contributed by atoms with Crippen molar-refractivity contribution in [1.29, 1.82) is 0 Å². The monoisotopic (exact) mass is 590 g/mol. The molecule has 0 spiro atoms. The van der Waals surface area contributed by atoms with Crippen LogP contribution in [-0.2, 0) is 72.6 Å². The van der Waals surface area contributed by atoms with Gasteiger partial charge in [0.15, 0.2) is 24.4 Å². The van der Waals surface area contributed by atoms with Crippen LogP contribution < -0.4 is 0 Å². The van der Waals surface area contributed by atoms with Crippen LogP contribution >= 0.6 is 7.82 Å². The second kappa shape index (κ2) is 14.9. The molecule has 15 nitrogen and oxygen atoms in total. The zero-order chi connectivity index (χ0) is 30.0. The molecule has 1 aromatic rings. The zero-order valence-corrected chi connectivity index (χ0v) is 23.3. The molecule has 7 atom stereocenters. The molecule has 1 heterocycles. The van der Waals surface area contributed by atoms with Crippen molar-refractivity contribution in [2.24, 2.45) is 0 Å². The molecule has 0 amide bonds. The summed E-state index contributed by atoms with van der Waals surface area (Å²) in [6.45, 7) is 4.51. The lowest BCUT2D eigenvalue weighted by Gasteiger charge is -2.44. The molecule has 1 aromatic carbocycles. The largest absolute Gasteiger partial charge is 0.475 e. The number of esters is 5. The van der Waals surface area contributed by atoms with Crippen molar-refractivity contribution in [3.8, 4) is 0 Å². The van der Waals surface area contributed by atoms with Crippen LogP contribution in [0.5, 0.6) is 0 Å². The Labute approximate surface area is 229 Å². The van der Waals surface area contributed by atoms with Crippen LogP contribution in [0.15, 0.2) is 30.3 Å². The summed E-state index contributed by atoms with van der Waals surface area (Å²) in [4.78, 5) is 69.7. The highest BCUT2D eigenvalue weighted by Gasteiger charge is 2.54. The normalized spacial score (nSPS) is 24.5. The SMILES string of the molecule is CC(=O)OC[C@H]1OC(OP(=O)(O)OC(C)C(=O)OCc2ccccc2)[C@H](OC(C)=O)[C@@H](OC(C)=O)[C@@H]1OC(C)=O. The van der Waals surface area contributed by atoms with Gasteiger partial charge in [-0.2, -0.15) is 0 Å². The fraction of sp³-hybridized carbons (Fsp3) is 0.542. The molecule has 0 aromatic heterocycles. The van der Waals surface area contributed by atoms with Crippen molar-refractivity contribution in [3.05, 3.63) is 35.9 Å². The van der Waals surface area contributed by atoms with Gasteiger partial charge in [0.1, 0.15) is 19.3 Å². The molecule has 2 rings (SSSR count). The second-order valence-electron chi connectivity index (χ2n) is 8.48. The van der Waals surface area contributed by atoms with Gasteiger partial charge in [0, 0.05) is 27.7 Å². The molecule has 1 N–H and O–H groups in total. The van der Waals surface area contributed by atoms with Gasteiger partial charge in [-0.05, 0) is 12.5 Å². The quantitative estimate of drug-likeness (QED) is 0.208. The van der Waals surface area contributed by atoms with Crippen molar-refractivity contribution in [3.63, 3.8) is 0 Å². The highest BCUT2D eigenvalue weighted by molar-refractivity contribution is 7.47. The minimum atomic E-state index is -5.19. The van der Waals surface area contributed by atoms with E-state index in [4.69, 9.17) is 37.5 Å². The molecule has 3 unspecified atom stereocenters. The van der Waals surface area contributed by atoms with E-state index in [1.807, 2.05) is 0 Å². The number of phosphoric ester groups is 1. The predicted molar refractivity (Wildman–Crippen MR) is 130 cm³/mol. The minimum absolute atomic E-state index is 0.135. The Bertz CT molecular complexity index is 1110. The van der Waals surface area contributed by atoms with E-state index in [2.05, 4.69) is 0 Å². The lowest BCUT2D eigenvalue weighted by atomic mass is 9.98. The van der Waals surface area contributed by atoms with E-state index in [1.54, 1.807) is 30.3 Å². The van der Waals surface area contributed by atoms with E-state index in [0.29, 0.717) is 5.56 Å². The molecular weight excluding hydrogens is 559 g/mol. The Morgan fingerprint density at radius 2 is 1.40 bits per heavy atom. The van der Waals surface area contributed by atoms with E-state index in [0.717, 1.165) is 34.6 Å². The first kappa shape index (κ1) is 32.8. The summed E-state index contributed by atoms with van der Waals surface area (Å²) >= 11 is 0. The summed E-state index contributed by atoms with van der Waals surface area (Å²) < 4.78 is 54.0. The van der Waals surface area contributed by atoms with Crippen LogP contribution in [0.2, 0.25) is 0 Å². The fourth-order valence-corrected chi connectivity index (χ4v) is 4.49. The lowest BCUT2D eigenvalue weighted by Crippen LogP contribution is -2.62. The number of carbonyl (C=O) groups is 5. The Kier molecular flexibility index (Phi) is 12.2. The van der Waals surface area contributed by atoms with Crippen molar-refractivity contribution in [2.45, 2.75) is 78.0 Å². The van der Waals surface area contributed by atoms with Crippen LogP contribution in [-0.4, -0.2) is 78.2 Å². The van der Waals surface area contributed by atoms with E-state index >= 15 is 0 Å². The van der Waals surface area contributed by atoms with Gasteiger partial charge in [0.25, 0.3) is 0 Å². The molecule has 1 saturated heterocycles. The smallest absolute Gasteiger partial charge is 0.463 e. The summed E-state index contributed by atoms with van der Waals surface area (Å²) in [7, 11) is -5.19. The number of benzene rings is 1. The van der Waals surface area contributed by atoms with Gasteiger partial charge in [-0.25, -0.2) is 9.36 Å². The molecule has 1 aliphatic rings. The van der Waals surface area contributed by atoms with Crippen molar-refractivity contribution >= 4 is 37.7 Å². The van der Waals surface area contributed by atoms with Gasteiger partial charge in [0.05, 0.1) is 0 Å². The number of ether oxygens (including phenoxy) is 6. The Balaban J connectivity index is 2.27. The van der Waals surface area contributed by atoms with Gasteiger partial charge in [-0.15, -0.1) is 0 Å². The number of phosphoric acid groups is 1. The maximum absolute atomic E-state index is 12.9. The van der Waals surface area contributed by atoms with Crippen LogP contribution in [0.25, 0.3) is 0 Å². The summed E-state index contributed by atoms with van der Waals surface area (Å²) in [5, 5.41) is 0. The summed E-state index contributed by atoms with van der Waals surface area (Å²) in [5.41, 5.74) is 0.656. The molecule has 0 aliphatic carbocycles. The van der Waals surface area contributed by atoms with E-state index in [9.17, 15) is 33.4 Å². The van der Waals surface area contributed by atoms with Crippen molar-refractivity contribution in [2.75, 3.05) is 6.61 Å². The molecule has 0 radical (unpaired) electrons. The number of hydrogen-bond donors (Lipinski definition) is 1. The minimum Gasteiger partial charge on any atom is -0.463 e. The van der Waals surface area contributed by atoms with E-state index in [1.165, 1.54) is 0 Å². The lowest BCUT2D eigenvalue weighted by molar-refractivity contribution is -0.291. The topological polar surface area (TPSA) is 196 Å². The molecule has 1 fully saturated rings. The van der Waals surface area contributed by atoms with E-state index < -0.39 is 81.1 Å². The third-order valence-electron chi connectivity index (χ3n) is 5.03. The average molecular weight is 590 g/mol. The number of carbonyl (C=O) groups excluding carboxylic acids is 5. The third-order valence-corrected chi connectivity index (χ3v) is 6.09. The van der Waals surface area contributed by atoms with Crippen LogP contribution in [0.1, 0.15) is 40.2 Å². The Morgan fingerprint density at radius 1 is 0.850 bits per heavy atom. The average Bonchev–Trinajstić information content (AvgIpc) is 2.84. The van der Waals surface area contributed by atoms with Crippen molar-refractivity contribution in [1.82, 2.24) is 0 Å². The molecule has 222 valence electrons. The van der Waals surface area contributed by atoms with Gasteiger partial charge in [-0.1, -0.05) is 30.3 Å². The second-order valence-corrected chi connectivity index (χ2v) is 9.84. The summed E-state index contributed by atoms with van der Waals surface area (Å²) in [6.07, 6.45) is -9.95. The highest BCUT2D eigenvalue weighted by atomic mass is 31.2. The maximum Gasteiger partial charge on any atom is 0.475 e. The number of rotatable bonds is 12. The molecule has 1 aliphatic heterocycles. The van der Waals surface area contributed by atoms with Gasteiger partial charge >= 0.3 is 37.7 Å². The first-order valence-corrected chi connectivity index (χ1v) is 13.4. The molecule has 0 saturated carbocycles. The first-order chi connectivity index (χ1) is 18.7. The fourth-order valence-electron chi connectivity index (χ4n) is 3.52. The van der Waals surface area contributed by atoms with E-state index in [-0.39, 0.29) is 6.61 Å². The Morgan fingerprint density at radius 3 is 1.95 bits per heavy atom. The molecular formula is C24H31O15P. The molecule has 0 bridgehead atoms. The van der Waals surface area contributed by atoms with Gasteiger partial charge in [-0.3, -0.25) is 28.2 Å². The van der Waals surface area contributed by atoms with Gasteiger partial charge < -0.3 is 33.3 Å². The van der Waals surface area contributed by atoms with Crippen LogP contribution in [0.3, 0.4) is 0 Å². The van der Waals surface area contributed by atoms with Gasteiger partial charge in [0.2, 0.25) is 6.29 Å². The zero-order valence-electron chi connectivity index (χ0n) is 22.4. The third kappa shape index (κ3) is 10.7. The van der Waals surface area contributed by atoms with Crippen LogP contribution in [0.4, 0.5) is 0 Å². The molecule has 40 heavy (non-hydrogen) atoms. The molecule has 16 heteroatoms. The Hall–Kier alpha value is -3.36. The standard InChI is InChI=1S/C24H31O15P/c1-13(23(29)33-11-18-9-7-6-8-10-18)38-40(30,31)39-24-22(36-17(5)28)21(35-16(4)27)20(34-15(3)26)19(37-24)12-32-14(2)25/h6-10,13,19-22,24H,11-12H2,1-5H3,(H,30,31)/t13?,19-,20-,21+,22-,24?/m1/s1.